The van der Waals surface area contributed by atoms with Crippen LogP contribution in [0.4, 0.5) is 4.79 Å². The monoisotopic (exact) mass is 659 g/mol. The molecule has 1 aromatic carbocycles. The molecule has 12 nitrogen and oxygen atoms in total. The van der Waals surface area contributed by atoms with Gasteiger partial charge in [0.1, 0.15) is 11.3 Å². The number of ether oxygens (including phenoxy) is 1. The Labute approximate surface area is 273 Å². The molecule has 45 heavy (non-hydrogen) atoms. The number of carbonyl (C=O) groups excluding carboxylic acids is 4. The second-order valence-electron chi connectivity index (χ2n) is 10.3. The van der Waals surface area contributed by atoms with E-state index in [0.717, 1.165) is 35.9 Å². The summed E-state index contributed by atoms with van der Waals surface area (Å²) >= 11 is 4.52. The van der Waals surface area contributed by atoms with Gasteiger partial charge in [-0.3, -0.25) is 19.1 Å². The molecule has 2 amide bonds. The van der Waals surface area contributed by atoms with E-state index in [0.29, 0.717) is 52.6 Å². The Balaban J connectivity index is 0.000000570. The second kappa shape index (κ2) is 20.3. The molecule has 0 saturated heterocycles. The summed E-state index contributed by atoms with van der Waals surface area (Å²) in [6, 6.07) is 8.50. The standard InChI is InChI=1S/C22H23N5O3.C8H18N2O2S.CH4S/c1-13-9-17(12-28)26-18(13)5-3-14(2)25-22(30)20-11-16-10-15(4-6-19(16)27-20)21(29)24-8-7-23;1-8(2,3)12-7(11)13-10-6-5-9-4;1-2/h3-6,9-12,26-27H,1,7-8,23H2,2H3,(H,24,29)(H,25,30);9-10H,5-6H2,1-4H3;2H,1H3/b14-3+,18-5+;;. The van der Waals surface area contributed by atoms with Crippen molar-refractivity contribution < 1.29 is 23.9 Å². The zero-order valence-electron chi connectivity index (χ0n) is 26.6. The average molecular weight is 660 g/mol. The fourth-order valence-corrected chi connectivity index (χ4v) is 4.10. The van der Waals surface area contributed by atoms with Crippen molar-refractivity contribution in [3.8, 4) is 0 Å². The van der Waals surface area contributed by atoms with Gasteiger partial charge in [-0.05, 0) is 88.7 Å². The topological polar surface area (TPSA) is 183 Å². The summed E-state index contributed by atoms with van der Waals surface area (Å²) in [5.74, 6) is -0.520. The molecule has 0 aliphatic rings. The SMILES string of the molecule is C=c1cc(C=O)[nH]/c1=C/C=C(\C)NC(=O)c1cc2cc(C(=O)NCCN)ccc2[nH]1.CNCCNSC(=O)OC(C)(C)C.CS. The summed E-state index contributed by atoms with van der Waals surface area (Å²) in [7, 11) is 1.86. The van der Waals surface area contributed by atoms with Crippen molar-refractivity contribution in [3.05, 3.63) is 69.6 Å². The Morgan fingerprint density at radius 1 is 1.07 bits per heavy atom. The third-order valence-electron chi connectivity index (χ3n) is 5.47. The number of aromatic amines is 2. The average Bonchev–Trinajstić information content (AvgIpc) is 3.60. The van der Waals surface area contributed by atoms with E-state index < -0.39 is 5.60 Å². The molecular formula is C31H45N7O5S2. The number of benzene rings is 1. The molecule has 0 radical (unpaired) electrons. The lowest BCUT2D eigenvalue weighted by Crippen LogP contribution is -2.28. The Morgan fingerprint density at radius 3 is 2.38 bits per heavy atom. The minimum Gasteiger partial charge on any atom is -0.451 e. The summed E-state index contributed by atoms with van der Waals surface area (Å²) in [5.41, 5.74) is 7.67. The number of fused-ring (bicyclic) bond motifs is 1. The summed E-state index contributed by atoms with van der Waals surface area (Å²) in [4.78, 5) is 52.5. The van der Waals surface area contributed by atoms with Crippen LogP contribution in [0.15, 0.2) is 42.1 Å². The lowest BCUT2D eigenvalue weighted by atomic mass is 10.1. The van der Waals surface area contributed by atoms with E-state index in [1.165, 1.54) is 0 Å². The predicted octanol–water partition coefficient (Wildman–Crippen LogP) is 2.45. The number of hydrogen-bond acceptors (Lipinski definition) is 10. The molecule has 0 aliphatic carbocycles. The number of amides is 2. The van der Waals surface area contributed by atoms with Gasteiger partial charge in [0.25, 0.3) is 11.8 Å². The van der Waals surface area contributed by atoms with E-state index in [1.54, 1.807) is 55.7 Å². The highest BCUT2D eigenvalue weighted by Crippen LogP contribution is 2.18. The number of allylic oxidation sites excluding steroid dienone is 2. The van der Waals surface area contributed by atoms with Crippen LogP contribution in [0.1, 0.15) is 59.0 Å². The van der Waals surface area contributed by atoms with Crippen LogP contribution < -0.4 is 37.0 Å². The van der Waals surface area contributed by atoms with Gasteiger partial charge >= 0.3 is 5.30 Å². The van der Waals surface area contributed by atoms with Gasteiger partial charge in [0.05, 0.1) is 5.69 Å². The number of H-pyrrole nitrogens is 2. The van der Waals surface area contributed by atoms with Gasteiger partial charge in [0.2, 0.25) is 0 Å². The quantitative estimate of drug-likeness (QED) is 0.0504. The van der Waals surface area contributed by atoms with Gasteiger partial charge < -0.3 is 36.4 Å². The van der Waals surface area contributed by atoms with Crippen molar-refractivity contribution in [2.24, 2.45) is 5.73 Å². The molecule has 3 rings (SSSR count). The van der Waals surface area contributed by atoms with E-state index in [-0.39, 0.29) is 17.1 Å². The van der Waals surface area contributed by atoms with Crippen molar-refractivity contribution in [2.75, 3.05) is 39.5 Å². The number of nitrogens with two attached hydrogens (primary N) is 1. The van der Waals surface area contributed by atoms with Gasteiger partial charge in [-0.25, -0.2) is 4.79 Å². The number of aromatic nitrogens is 2. The van der Waals surface area contributed by atoms with Crippen LogP contribution in [-0.2, 0) is 4.74 Å². The molecule has 0 saturated carbocycles. The highest BCUT2D eigenvalue weighted by molar-refractivity contribution is 8.11. The van der Waals surface area contributed by atoms with Crippen molar-refractivity contribution in [3.63, 3.8) is 0 Å². The van der Waals surface area contributed by atoms with Gasteiger partial charge in [-0.2, -0.15) is 12.6 Å². The predicted molar refractivity (Wildman–Crippen MR) is 187 cm³/mol. The first-order chi connectivity index (χ1) is 21.4. The maximum absolute atomic E-state index is 12.6. The van der Waals surface area contributed by atoms with Crippen LogP contribution in [0.5, 0.6) is 0 Å². The van der Waals surface area contributed by atoms with Crippen molar-refractivity contribution in [2.45, 2.75) is 33.3 Å². The van der Waals surface area contributed by atoms with E-state index in [9.17, 15) is 19.2 Å². The Hall–Kier alpha value is -3.82. The first kappa shape index (κ1) is 39.2. The van der Waals surface area contributed by atoms with E-state index in [2.05, 4.69) is 49.8 Å². The lowest BCUT2D eigenvalue weighted by Gasteiger charge is -2.18. The Morgan fingerprint density at radius 2 is 1.78 bits per heavy atom. The fraction of sp³-hybridized carbons (Fsp3) is 0.355. The fourth-order valence-electron chi connectivity index (χ4n) is 3.49. The molecular weight excluding hydrogens is 615 g/mol. The van der Waals surface area contributed by atoms with Crippen molar-refractivity contribution >= 4 is 71.5 Å². The third-order valence-corrected chi connectivity index (χ3v) is 6.07. The van der Waals surface area contributed by atoms with Gasteiger partial charge in [0.15, 0.2) is 6.29 Å². The first-order valence-corrected chi connectivity index (χ1v) is 15.7. The number of aldehydes is 1. The smallest absolute Gasteiger partial charge is 0.383 e. The number of thiol groups is 1. The highest BCUT2D eigenvalue weighted by atomic mass is 32.2. The van der Waals surface area contributed by atoms with Crippen molar-refractivity contribution in [1.82, 2.24) is 30.6 Å². The number of rotatable bonds is 11. The number of hydrogen-bond donors (Lipinski definition) is 8. The minimum atomic E-state index is -0.408. The van der Waals surface area contributed by atoms with Gasteiger partial charge in [0, 0.05) is 65.6 Å². The molecule has 2 aromatic heterocycles. The highest BCUT2D eigenvalue weighted by Gasteiger charge is 2.16. The second-order valence-corrected chi connectivity index (χ2v) is 11.2. The normalized spacial score (nSPS) is 11.6. The van der Waals surface area contributed by atoms with E-state index in [4.69, 9.17) is 10.5 Å². The van der Waals surface area contributed by atoms with Crippen LogP contribution in [-0.4, -0.2) is 78.5 Å². The molecule has 0 aliphatic heterocycles. The molecule has 3 aromatic rings. The lowest BCUT2D eigenvalue weighted by molar-refractivity contribution is 0.0736. The molecule has 0 spiro atoms. The maximum atomic E-state index is 12.6. The molecule has 14 heteroatoms. The summed E-state index contributed by atoms with van der Waals surface area (Å²) < 4.78 is 7.95. The van der Waals surface area contributed by atoms with E-state index >= 15 is 0 Å². The van der Waals surface area contributed by atoms with E-state index in [1.807, 2.05) is 27.8 Å². The van der Waals surface area contributed by atoms with Gasteiger partial charge in [-0.1, -0.05) is 6.58 Å². The summed E-state index contributed by atoms with van der Waals surface area (Å²) in [6.45, 7) is 13.5. The molecule has 2 heterocycles. The van der Waals surface area contributed by atoms with Crippen LogP contribution in [0.25, 0.3) is 23.6 Å². The first-order valence-electron chi connectivity index (χ1n) is 14.0. The Bertz CT molecular complexity index is 1560. The molecule has 246 valence electrons. The summed E-state index contributed by atoms with van der Waals surface area (Å²) in [6.07, 6.45) is 5.87. The van der Waals surface area contributed by atoms with Crippen LogP contribution in [0.3, 0.4) is 0 Å². The van der Waals surface area contributed by atoms with Crippen LogP contribution in [0.2, 0.25) is 0 Å². The number of carbonyl (C=O) groups is 4. The third kappa shape index (κ3) is 14.7. The van der Waals surface area contributed by atoms with Crippen molar-refractivity contribution in [1.29, 1.82) is 0 Å². The summed E-state index contributed by atoms with van der Waals surface area (Å²) in [5, 5.41) is 10.3. The number of nitrogens with one attached hydrogen (secondary N) is 6. The zero-order valence-corrected chi connectivity index (χ0v) is 28.3. The minimum absolute atomic E-state index is 0.212. The Kier molecular flexibility index (Phi) is 17.6. The van der Waals surface area contributed by atoms with Gasteiger partial charge in [-0.15, -0.1) is 0 Å². The number of likely N-dealkylation sites (N-methyl/N-ethyl adjacent to an activating group) is 1. The maximum Gasteiger partial charge on any atom is 0.383 e. The molecule has 8 N–H and O–H groups in total. The van der Waals surface area contributed by atoms with Crippen LogP contribution >= 0.6 is 24.6 Å². The molecule has 0 bridgehead atoms. The molecule has 0 unspecified atom stereocenters. The van der Waals surface area contributed by atoms with Crippen LogP contribution in [0, 0.1) is 0 Å². The largest absolute Gasteiger partial charge is 0.451 e. The zero-order chi connectivity index (χ0) is 34.0. The molecule has 0 atom stereocenters. The molecule has 0 fully saturated rings.